The summed E-state index contributed by atoms with van der Waals surface area (Å²) in [6, 6.07) is 6.44. The van der Waals surface area contributed by atoms with Crippen molar-refractivity contribution in [2.24, 2.45) is 0 Å². The third-order valence-corrected chi connectivity index (χ3v) is 2.99. The molecule has 1 aromatic heterocycles. The third kappa shape index (κ3) is 2.51. The van der Waals surface area contributed by atoms with Crippen LogP contribution < -0.4 is 0 Å². The zero-order valence-electron chi connectivity index (χ0n) is 9.28. The van der Waals surface area contributed by atoms with Gasteiger partial charge in [-0.25, -0.2) is 4.39 Å². The van der Waals surface area contributed by atoms with Crippen LogP contribution in [0.1, 0.15) is 23.0 Å². The lowest BCUT2D eigenvalue weighted by Gasteiger charge is -2.11. The van der Waals surface area contributed by atoms with E-state index in [-0.39, 0.29) is 11.4 Å². The van der Waals surface area contributed by atoms with Crippen LogP contribution in [0.15, 0.2) is 34.9 Å². The number of aliphatic hydroxyl groups excluding tert-OH is 1. The average molecular weight is 255 g/mol. The molecule has 0 aliphatic carbocycles. The third-order valence-electron chi connectivity index (χ3n) is 2.70. The number of hydrogen-bond acceptors (Lipinski definition) is 2. The zero-order valence-corrected chi connectivity index (χ0v) is 10.0. The van der Waals surface area contributed by atoms with Gasteiger partial charge in [-0.05, 0) is 24.6 Å². The molecule has 90 valence electrons. The molecular formula is C13H12ClFO2. The number of furan rings is 1. The Morgan fingerprint density at radius 2 is 2.18 bits per heavy atom. The summed E-state index contributed by atoms with van der Waals surface area (Å²) >= 11 is 5.68. The molecule has 1 atom stereocenters. The normalized spacial score (nSPS) is 12.7. The summed E-state index contributed by atoms with van der Waals surface area (Å²) in [4.78, 5) is 0. The summed E-state index contributed by atoms with van der Waals surface area (Å²) < 4.78 is 18.7. The van der Waals surface area contributed by atoms with Crippen LogP contribution >= 0.6 is 11.6 Å². The summed E-state index contributed by atoms with van der Waals surface area (Å²) in [6.45, 7) is 1.76. The first kappa shape index (κ1) is 12.1. The molecule has 4 heteroatoms. The van der Waals surface area contributed by atoms with Crippen molar-refractivity contribution in [3.8, 4) is 0 Å². The number of benzene rings is 1. The van der Waals surface area contributed by atoms with E-state index in [1.165, 1.54) is 12.3 Å². The van der Waals surface area contributed by atoms with Gasteiger partial charge in [0.05, 0.1) is 17.4 Å². The van der Waals surface area contributed by atoms with Crippen LogP contribution in [0.2, 0.25) is 5.02 Å². The van der Waals surface area contributed by atoms with Gasteiger partial charge in [0.2, 0.25) is 0 Å². The van der Waals surface area contributed by atoms with Crippen molar-refractivity contribution in [1.82, 2.24) is 0 Å². The van der Waals surface area contributed by atoms with Gasteiger partial charge in [0, 0.05) is 12.0 Å². The number of aryl methyl sites for hydroxylation is 1. The predicted octanol–water partition coefficient (Wildman–Crippen LogP) is 3.66. The van der Waals surface area contributed by atoms with Crippen molar-refractivity contribution < 1.29 is 13.9 Å². The lowest BCUT2D eigenvalue weighted by atomic mass is 10.0. The Bertz CT molecular complexity index is 522. The molecule has 2 rings (SSSR count). The summed E-state index contributed by atoms with van der Waals surface area (Å²) in [6.07, 6.45) is 0.886. The maximum atomic E-state index is 13.6. The zero-order chi connectivity index (χ0) is 12.4. The summed E-state index contributed by atoms with van der Waals surface area (Å²) in [5.41, 5.74) is 1.06. The first-order valence-corrected chi connectivity index (χ1v) is 5.62. The first-order chi connectivity index (χ1) is 8.09. The van der Waals surface area contributed by atoms with Crippen molar-refractivity contribution in [3.05, 3.63) is 58.3 Å². The molecule has 2 aromatic rings. The van der Waals surface area contributed by atoms with Crippen molar-refractivity contribution in [2.75, 3.05) is 0 Å². The lowest BCUT2D eigenvalue weighted by Crippen LogP contribution is -2.04. The Morgan fingerprint density at radius 3 is 2.82 bits per heavy atom. The van der Waals surface area contributed by atoms with Gasteiger partial charge >= 0.3 is 0 Å². The molecule has 1 N–H and O–H groups in total. The van der Waals surface area contributed by atoms with Crippen LogP contribution in [0, 0.1) is 12.7 Å². The second-order valence-corrected chi connectivity index (χ2v) is 4.27. The average Bonchev–Trinajstić information content (AvgIpc) is 2.71. The molecule has 0 bridgehead atoms. The SMILES string of the molecule is Cc1occc1C(O)Cc1cccc(Cl)c1F. The molecule has 0 amide bonds. The van der Waals surface area contributed by atoms with Gasteiger partial charge in [0.1, 0.15) is 11.6 Å². The maximum absolute atomic E-state index is 13.6. The van der Waals surface area contributed by atoms with Crippen molar-refractivity contribution >= 4 is 11.6 Å². The minimum absolute atomic E-state index is 0.0682. The summed E-state index contributed by atoms with van der Waals surface area (Å²) in [5, 5.41) is 10.1. The molecule has 0 spiro atoms. The predicted molar refractivity (Wildman–Crippen MR) is 63.5 cm³/mol. The van der Waals surface area contributed by atoms with Crippen molar-refractivity contribution in [1.29, 1.82) is 0 Å². The minimum Gasteiger partial charge on any atom is -0.469 e. The smallest absolute Gasteiger partial charge is 0.145 e. The van der Waals surface area contributed by atoms with E-state index in [0.717, 1.165) is 0 Å². The fourth-order valence-corrected chi connectivity index (χ4v) is 1.96. The molecule has 0 aliphatic rings. The molecule has 17 heavy (non-hydrogen) atoms. The summed E-state index contributed by atoms with van der Waals surface area (Å²) in [7, 11) is 0. The van der Waals surface area contributed by atoms with E-state index in [2.05, 4.69) is 0 Å². The summed E-state index contributed by atoms with van der Waals surface area (Å²) in [5.74, 6) is 0.161. The molecule has 0 saturated heterocycles. The highest BCUT2D eigenvalue weighted by Crippen LogP contribution is 2.25. The first-order valence-electron chi connectivity index (χ1n) is 5.24. The molecule has 0 aliphatic heterocycles. The standard InChI is InChI=1S/C13H12ClFO2/c1-8-10(5-6-17-8)12(16)7-9-3-2-4-11(14)13(9)15/h2-6,12,16H,7H2,1H3. The second kappa shape index (κ2) is 4.90. The van der Waals surface area contributed by atoms with Gasteiger partial charge in [-0.3, -0.25) is 0 Å². The molecule has 2 nitrogen and oxygen atoms in total. The molecule has 1 aromatic carbocycles. The number of halogens is 2. The number of aliphatic hydroxyl groups is 1. The highest BCUT2D eigenvalue weighted by molar-refractivity contribution is 6.30. The van der Waals surface area contributed by atoms with Crippen LogP contribution in [0.5, 0.6) is 0 Å². The van der Waals surface area contributed by atoms with E-state index in [1.807, 2.05) is 0 Å². The largest absolute Gasteiger partial charge is 0.469 e. The van der Waals surface area contributed by atoms with Gasteiger partial charge in [-0.2, -0.15) is 0 Å². The topological polar surface area (TPSA) is 33.4 Å². The van der Waals surface area contributed by atoms with Gasteiger partial charge in [-0.1, -0.05) is 23.7 Å². The van der Waals surface area contributed by atoms with Crippen LogP contribution in [-0.4, -0.2) is 5.11 Å². The van der Waals surface area contributed by atoms with Crippen LogP contribution in [-0.2, 0) is 6.42 Å². The highest BCUT2D eigenvalue weighted by atomic mass is 35.5. The molecule has 1 unspecified atom stereocenters. The monoisotopic (exact) mass is 254 g/mol. The maximum Gasteiger partial charge on any atom is 0.145 e. The molecule has 0 saturated carbocycles. The Labute approximate surface area is 104 Å². The van der Waals surface area contributed by atoms with E-state index in [4.69, 9.17) is 16.0 Å². The van der Waals surface area contributed by atoms with Crippen LogP contribution in [0.4, 0.5) is 4.39 Å². The Morgan fingerprint density at radius 1 is 1.41 bits per heavy atom. The van der Waals surface area contributed by atoms with E-state index in [9.17, 15) is 9.50 Å². The minimum atomic E-state index is -0.790. The molecule has 0 radical (unpaired) electrons. The van der Waals surface area contributed by atoms with E-state index >= 15 is 0 Å². The quantitative estimate of drug-likeness (QED) is 0.907. The fraction of sp³-hybridized carbons (Fsp3) is 0.231. The Balaban J connectivity index is 2.22. The van der Waals surface area contributed by atoms with E-state index in [1.54, 1.807) is 25.1 Å². The molecular weight excluding hydrogens is 243 g/mol. The Hall–Kier alpha value is -1.32. The van der Waals surface area contributed by atoms with Crippen molar-refractivity contribution in [3.63, 3.8) is 0 Å². The molecule has 0 fully saturated rings. The number of rotatable bonds is 3. The Kier molecular flexibility index (Phi) is 3.50. The number of hydrogen-bond donors (Lipinski definition) is 1. The van der Waals surface area contributed by atoms with E-state index < -0.39 is 11.9 Å². The highest BCUT2D eigenvalue weighted by Gasteiger charge is 2.16. The molecule has 1 heterocycles. The van der Waals surface area contributed by atoms with Gasteiger partial charge in [0.25, 0.3) is 0 Å². The lowest BCUT2D eigenvalue weighted by molar-refractivity contribution is 0.175. The fourth-order valence-electron chi connectivity index (χ4n) is 1.76. The van der Waals surface area contributed by atoms with Gasteiger partial charge in [0.15, 0.2) is 0 Å². The van der Waals surface area contributed by atoms with Crippen LogP contribution in [0.3, 0.4) is 0 Å². The van der Waals surface area contributed by atoms with Gasteiger partial charge < -0.3 is 9.52 Å². The van der Waals surface area contributed by atoms with Gasteiger partial charge in [-0.15, -0.1) is 0 Å². The van der Waals surface area contributed by atoms with Crippen molar-refractivity contribution in [2.45, 2.75) is 19.4 Å². The second-order valence-electron chi connectivity index (χ2n) is 3.86. The van der Waals surface area contributed by atoms with Crippen LogP contribution in [0.25, 0.3) is 0 Å². The van der Waals surface area contributed by atoms with E-state index in [0.29, 0.717) is 16.9 Å².